The van der Waals surface area contributed by atoms with Crippen LogP contribution in [0, 0.1) is 29.1 Å². The monoisotopic (exact) mass is 414 g/mol. The fourth-order valence-electron chi connectivity index (χ4n) is 6.57. The minimum Gasteiger partial charge on any atom is -0.378 e. The fraction of sp³-hybridized carbons (Fsp3) is 0.783. The van der Waals surface area contributed by atoms with Gasteiger partial charge in [0.2, 0.25) is 11.8 Å². The molecule has 164 valence electrons. The summed E-state index contributed by atoms with van der Waals surface area (Å²) >= 11 is 0. The molecule has 2 bridgehead atoms. The van der Waals surface area contributed by atoms with E-state index in [-0.39, 0.29) is 40.9 Å². The van der Waals surface area contributed by atoms with Crippen LogP contribution in [0.3, 0.4) is 0 Å². The average molecular weight is 415 g/mol. The Hall–Kier alpha value is -1.89. The van der Waals surface area contributed by atoms with Crippen molar-refractivity contribution in [3.63, 3.8) is 0 Å². The van der Waals surface area contributed by atoms with Crippen LogP contribution in [0.1, 0.15) is 46.0 Å². The number of fused-ring (bicyclic) bond motifs is 5. The quantitative estimate of drug-likeness (QED) is 0.287. The molecule has 3 saturated carbocycles. The summed E-state index contributed by atoms with van der Waals surface area (Å²) in [5.74, 6) is 1.10. The van der Waals surface area contributed by atoms with Crippen molar-refractivity contribution in [2.45, 2.75) is 58.1 Å². The van der Waals surface area contributed by atoms with Gasteiger partial charge in [-0.25, -0.2) is 0 Å². The Morgan fingerprint density at radius 3 is 2.43 bits per heavy atom. The highest BCUT2D eigenvalue weighted by Crippen LogP contribution is 2.57. The van der Waals surface area contributed by atoms with E-state index in [1.54, 1.807) is 0 Å². The lowest BCUT2D eigenvalue weighted by Crippen LogP contribution is -2.68. The van der Waals surface area contributed by atoms with Crippen LogP contribution in [0.4, 0.5) is 0 Å². The Labute approximate surface area is 178 Å². The van der Waals surface area contributed by atoms with Crippen molar-refractivity contribution >= 4 is 17.8 Å². The van der Waals surface area contributed by atoms with Gasteiger partial charge in [0.15, 0.2) is 5.96 Å². The minimum atomic E-state index is -0.119. The lowest BCUT2D eigenvalue weighted by molar-refractivity contribution is -0.168. The molecule has 2 amide bonds. The maximum absolute atomic E-state index is 12.8. The molecule has 0 aromatic heterocycles. The van der Waals surface area contributed by atoms with Gasteiger partial charge < -0.3 is 15.4 Å². The lowest BCUT2D eigenvalue weighted by atomic mass is 9.51. The minimum absolute atomic E-state index is 0.0157. The van der Waals surface area contributed by atoms with Crippen LogP contribution in [-0.2, 0) is 14.3 Å². The topological polar surface area (TPSA) is 83.0 Å². The van der Waals surface area contributed by atoms with Gasteiger partial charge in [-0.1, -0.05) is 18.6 Å². The van der Waals surface area contributed by atoms with E-state index in [2.05, 4.69) is 36.6 Å². The Morgan fingerprint density at radius 1 is 1.17 bits per heavy atom. The molecule has 4 fully saturated rings. The second kappa shape index (κ2) is 7.66. The first-order valence-electron chi connectivity index (χ1n) is 11.8. The number of allylic oxidation sites excluding steroid dienone is 2. The van der Waals surface area contributed by atoms with Gasteiger partial charge in [0.25, 0.3) is 0 Å². The number of rotatable bonds is 7. The number of nitrogens with one attached hydrogen (secondary N) is 2. The Bertz CT molecular complexity index is 744. The standard InChI is InChI=1S/C23H34N4O3/c1-3-24-22(26-16-13-17(30-4-2)23(16)8-5-9-23)25-10-11-27-20(28)18-14-6-7-15(12-14)19(18)21(27)29/h6-7,14-19H,3-5,8-13H2,1-2H3,(H2,24,25,26). The number of nitrogens with zero attached hydrogens (tertiary/aromatic N) is 2. The van der Waals surface area contributed by atoms with Crippen LogP contribution >= 0.6 is 0 Å². The summed E-state index contributed by atoms with van der Waals surface area (Å²) in [6, 6.07) is 0.386. The molecule has 30 heavy (non-hydrogen) atoms. The molecule has 5 rings (SSSR count). The van der Waals surface area contributed by atoms with E-state index in [4.69, 9.17) is 9.73 Å². The number of likely N-dealkylation sites (tertiary alicyclic amines) is 1. The van der Waals surface area contributed by atoms with Crippen molar-refractivity contribution in [2.24, 2.45) is 34.1 Å². The van der Waals surface area contributed by atoms with E-state index < -0.39 is 0 Å². The SMILES string of the molecule is CCNC(=NCCN1C(=O)C2C3C=CC(C3)C2C1=O)NC1CC(OCC)C12CCC2. The number of aliphatic imine (C=N–C) groups is 1. The largest absolute Gasteiger partial charge is 0.378 e. The molecular formula is C23H34N4O3. The third-order valence-electron chi connectivity index (χ3n) is 8.25. The first kappa shape index (κ1) is 20.0. The number of guanidine groups is 1. The second-order valence-corrected chi connectivity index (χ2v) is 9.55. The molecule has 0 radical (unpaired) electrons. The number of carbonyl (C=O) groups excluding carboxylic acids is 2. The van der Waals surface area contributed by atoms with Gasteiger partial charge in [-0.15, -0.1) is 0 Å². The summed E-state index contributed by atoms with van der Waals surface area (Å²) in [7, 11) is 0. The Morgan fingerprint density at radius 2 is 1.87 bits per heavy atom. The predicted octanol–water partition coefficient (Wildman–Crippen LogP) is 1.70. The van der Waals surface area contributed by atoms with Crippen molar-refractivity contribution in [2.75, 3.05) is 26.2 Å². The molecule has 7 heteroatoms. The third-order valence-corrected chi connectivity index (χ3v) is 8.25. The molecule has 0 aromatic carbocycles. The van der Waals surface area contributed by atoms with Crippen LogP contribution < -0.4 is 10.6 Å². The normalized spacial score (nSPS) is 38.1. The van der Waals surface area contributed by atoms with E-state index in [1.807, 2.05) is 0 Å². The molecule has 1 saturated heterocycles. The molecule has 1 aliphatic heterocycles. The number of carbonyl (C=O) groups is 2. The molecule has 1 spiro atoms. The zero-order valence-corrected chi connectivity index (χ0v) is 18.1. The van der Waals surface area contributed by atoms with Gasteiger partial charge in [0.1, 0.15) is 0 Å². The lowest BCUT2D eigenvalue weighted by Gasteiger charge is -2.61. The van der Waals surface area contributed by atoms with E-state index in [9.17, 15) is 9.59 Å². The van der Waals surface area contributed by atoms with Gasteiger partial charge in [0.05, 0.1) is 24.5 Å². The van der Waals surface area contributed by atoms with Gasteiger partial charge in [-0.3, -0.25) is 19.5 Å². The van der Waals surface area contributed by atoms with Crippen LogP contribution in [-0.4, -0.2) is 61.1 Å². The molecule has 6 unspecified atom stereocenters. The number of hydrogen-bond donors (Lipinski definition) is 2. The molecule has 1 heterocycles. The molecule has 4 aliphatic carbocycles. The van der Waals surface area contributed by atoms with E-state index in [1.165, 1.54) is 24.2 Å². The highest BCUT2D eigenvalue weighted by Gasteiger charge is 2.60. The molecule has 6 atom stereocenters. The molecule has 5 aliphatic rings. The van der Waals surface area contributed by atoms with E-state index >= 15 is 0 Å². The maximum Gasteiger partial charge on any atom is 0.233 e. The zero-order chi connectivity index (χ0) is 20.9. The first-order chi connectivity index (χ1) is 14.6. The summed E-state index contributed by atoms with van der Waals surface area (Å²) in [5, 5.41) is 6.93. The summed E-state index contributed by atoms with van der Waals surface area (Å²) in [4.78, 5) is 31.8. The molecule has 2 N–H and O–H groups in total. The van der Waals surface area contributed by atoms with Crippen molar-refractivity contribution in [1.29, 1.82) is 0 Å². The summed E-state index contributed by atoms with van der Waals surface area (Å²) in [6.07, 6.45) is 10.3. The Balaban J connectivity index is 1.19. The number of ether oxygens (including phenoxy) is 1. The molecular weight excluding hydrogens is 380 g/mol. The van der Waals surface area contributed by atoms with Gasteiger partial charge in [-0.05, 0) is 51.4 Å². The summed E-state index contributed by atoms with van der Waals surface area (Å²) < 4.78 is 5.95. The smallest absolute Gasteiger partial charge is 0.233 e. The van der Waals surface area contributed by atoms with Crippen molar-refractivity contribution in [3.05, 3.63) is 12.2 Å². The fourth-order valence-corrected chi connectivity index (χ4v) is 6.57. The van der Waals surface area contributed by atoms with E-state index in [0.29, 0.717) is 25.2 Å². The Kier molecular flexibility index (Phi) is 5.12. The number of imide groups is 1. The first-order valence-corrected chi connectivity index (χ1v) is 11.8. The van der Waals surface area contributed by atoms with E-state index in [0.717, 1.165) is 32.0 Å². The van der Waals surface area contributed by atoms with Crippen LogP contribution in [0.2, 0.25) is 0 Å². The van der Waals surface area contributed by atoms with Crippen molar-refractivity contribution in [3.8, 4) is 0 Å². The maximum atomic E-state index is 12.8. The predicted molar refractivity (Wildman–Crippen MR) is 114 cm³/mol. The number of amides is 2. The van der Waals surface area contributed by atoms with Crippen LogP contribution in [0.25, 0.3) is 0 Å². The molecule has 7 nitrogen and oxygen atoms in total. The van der Waals surface area contributed by atoms with Crippen molar-refractivity contribution < 1.29 is 14.3 Å². The second-order valence-electron chi connectivity index (χ2n) is 9.55. The third kappa shape index (κ3) is 2.92. The van der Waals surface area contributed by atoms with Crippen LogP contribution in [0.15, 0.2) is 17.1 Å². The highest BCUT2D eigenvalue weighted by molar-refractivity contribution is 6.06. The van der Waals surface area contributed by atoms with Crippen molar-refractivity contribution in [1.82, 2.24) is 15.5 Å². The highest BCUT2D eigenvalue weighted by atomic mass is 16.5. The summed E-state index contributed by atoms with van der Waals surface area (Å²) in [5.41, 5.74) is 0.261. The summed E-state index contributed by atoms with van der Waals surface area (Å²) in [6.45, 7) is 6.47. The zero-order valence-electron chi connectivity index (χ0n) is 18.1. The van der Waals surface area contributed by atoms with Gasteiger partial charge in [0, 0.05) is 31.2 Å². The van der Waals surface area contributed by atoms with Gasteiger partial charge in [-0.2, -0.15) is 0 Å². The average Bonchev–Trinajstić information content (AvgIpc) is 3.35. The van der Waals surface area contributed by atoms with Crippen LogP contribution in [0.5, 0.6) is 0 Å². The number of hydrogen-bond acceptors (Lipinski definition) is 4. The van der Waals surface area contributed by atoms with Gasteiger partial charge >= 0.3 is 0 Å². The molecule has 0 aromatic rings.